The number of carboxylic acid groups (broad SMARTS) is 1. The van der Waals surface area contributed by atoms with Gasteiger partial charge in [0.25, 0.3) is 5.69 Å². The van der Waals surface area contributed by atoms with Crippen molar-refractivity contribution in [3.8, 4) is 0 Å². The molecule has 2 rings (SSSR count). The van der Waals surface area contributed by atoms with Gasteiger partial charge in [-0.1, -0.05) is 6.07 Å². The number of hydrogen-bond acceptors (Lipinski definition) is 3. The van der Waals surface area contributed by atoms with E-state index in [1.54, 1.807) is 12.1 Å². The van der Waals surface area contributed by atoms with Crippen LogP contribution in [0, 0.1) is 10.1 Å². The maximum atomic E-state index is 10.8. The normalized spacial score (nSPS) is 10.5. The Morgan fingerprint density at radius 2 is 2.25 bits per heavy atom. The zero-order chi connectivity index (χ0) is 11.7. The Morgan fingerprint density at radius 3 is 2.88 bits per heavy atom. The molecule has 0 saturated carbocycles. The molecule has 0 atom stereocenters. The molecule has 16 heavy (non-hydrogen) atoms. The van der Waals surface area contributed by atoms with E-state index < -0.39 is 10.9 Å². The number of nitro benzene ring substituents is 1. The maximum Gasteiger partial charge on any atom is 0.307 e. The predicted octanol–water partition coefficient (Wildman–Crippen LogP) is 1.70. The third-order valence-electron chi connectivity index (χ3n) is 2.30. The Balaban J connectivity index is 2.67. The van der Waals surface area contributed by atoms with E-state index in [0.717, 1.165) is 0 Å². The van der Waals surface area contributed by atoms with Crippen molar-refractivity contribution < 1.29 is 14.8 Å². The van der Waals surface area contributed by atoms with Crippen molar-refractivity contribution >= 4 is 22.6 Å². The van der Waals surface area contributed by atoms with Gasteiger partial charge in [0.15, 0.2) is 0 Å². The molecule has 82 valence electrons. The van der Waals surface area contributed by atoms with Crippen LogP contribution in [0.2, 0.25) is 0 Å². The minimum atomic E-state index is -1.01. The van der Waals surface area contributed by atoms with Gasteiger partial charge < -0.3 is 10.1 Å². The standard InChI is InChI=1S/C10H8N2O4/c13-9(14)4-6-5-11-7-2-1-3-8(10(6)7)12(15)16/h1-3,5,11H,4H2,(H,13,14). The molecular weight excluding hydrogens is 212 g/mol. The Morgan fingerprint density at radius 1 is 1.50 bits per heavy atom. The Bertz CT molecular complexity index is 573. The highest BCUT2D eigenvalue weighted by Crippen LogP contribution is 2.28. The number of carboxylic acids is 1. The van der Waals surface area contributed by atoms with Crippen LogP contribution in [0.3, 0.4) is 0 Å². The van der Waals surface area contributed by atoms with Gasteiger partial charge in [-0.25, -0.2) is 0 Å². The first-order chi connectivity index (χ1) is 7.59. The van der Waals surface area contributed by atoms with Gasteiger partial charge in [0.1, 0.15) is 0 Å². The number of fused-ring (bicyclic) bond motifs is 1. The van der Waals surface area contributed by atoms with E-state index in [0.29, 0.717) is 16.5 Å². The molecule has 0 aliphatic heterocycles. The molecule has 0 spiro atoms. The fourth-order valence-corrected chi connectivity index (χ4v) is 1.69. The summed E-state index contributed by atoms with van der Waals surface area (Å²) < 4.78 is 0. The van der Waals surface area contributed by atoms with E-state index in [4.69, 9.17) is 5.11 Å². The predicted molar refractivity (Wildman–Crippen MR) is 56.3 cm³/mol. The highest BCUT2D eigenvalue weighted by Gasteiger charge is 2.17. The molecule has 1 heterocycles. The van der Waals surface area contributed by atoms with Crippen LogP contribution in [0.4, 0.5) is 5.69 Å². The lowest BCUT2D eigenvalue weighted by atomic mass is 10.1. The topological polar surface area (TPSA) is 96.2 Å². The van der Waals surface area contributed by atoms with Crippen molar-refractivity contribution in [1.29, 1.82) is 0 Å². The lowest BCUT2D eigenvalue weighted by Gasteiger charge is -1.96. The second kappa shape index (κ2) is 3.65. The number of rotatable bonds is 3. The highest BCUT2D eigenvalue weighted by molar-refractivity contribution is 5.94. The minimum Gasteiger partial charge on any atom is -0.481 e. The van der Waals surface area contributed by atoms with Crippen LogP contribution in [0.25, 0.3) is 10.9 Å². The van der Waals surface area contributed by atoms with E-state index in [1.165, 1.54) is 12.3 Å². The zero-order valence-electron chi connectivity index (χ0n) is 8.14. The molecule has 0 radical (unpaired) electrons. The molecule has 0 aliphatic carbocycles. The van der Waals surface area contributed by atoms with Crippen molar-refractivity contribution in [2.45, 2.75) is 6.42 Å². The van der Waals surface area contributed by atoms with E-state index in [2.05, 4.69) is 4.98 Å². The molecule has 0 saturated heterocycles. The summed E-state index contributed by atoms with van der Waals surface area (Å²) in [6.45, 7) is 0. The summed E-state index contributed by atoms with van der Waals surface area (Å²) in [6, 6.07) is 4.59. The summed E-state index contributed by atoms with van der Waals surface area (Å²) in [5, 5.41) is 19.9. The average Bonchev–Trinajstić information content (AvgIpc) is 2.60. The average molecular weight is 220 g/mol. The second-order valence-electron chi connectivity index (χ2n) is 3.34. The lowest BCUT2D eigenvalue weighted by Crippen LogP contribution is -2.00. The number of hydrogen-bond donors (Lipinski definition) is 2. The molecule has 0 aliphatic rings. The molecule has 6 heteroatoms. The number of non-ortho nitro benzene ring substituents is 1. The highest BCUT2D eigenvalue weighted by atomic mass is 16.6. The number of aromatic amines is 1. The smallest absolute Gasteiger partial charge is 0.307 e. The van der Waals surface area contributed by atoms with E-state index in [-0.39, 0.29) is 12.1 Å². The number of nitro groups is 1. The van der Waals surface area contributed by atoms with Gasteiger partial charge in [-0.05, 0) is 11.6 Å². The molecule has 0 fully saturated rings. The lowest BCUT2D eigenvalue weighted by molar-refractivity contribution is -0.383. The molecule has 2 N–H and O–H groups in total. The SMILES string of the molecule is O=C(O)Cc1c[nH]c2cccc([N+](=O)[O-])c12. The van der Waals surface area contributed by atoms with Crippen LogP contribution in [0.15, 0.2) is 24.4 Å². The van der Waals surface area contributed by atoms with Crippen molar-refractivity contribution in [2.75, 3.05) is 0 Å². The molecule has 0 amide bonds. The summed E-state index contributed by atoms with van der Waals surface area (Å²) in [5.41, 5.74) is 0.926. The number of carbonyl (C=O) groups is 1. The van der Waals surface area contributed by atoms with Crippen molar-refractivity contribution in [3.05, 3.63) is 40.1 Å². The molecule has 0 bridgehead atoms. The minimum absolute atomic E-state index is 0.0741. The number of H-pyrrole nitrogens is 1. The Hall–Kier alpha value is -2.37. The number of nitrogens with zero attached hydrogens (tertiary/aromatic N) is 1. The fraction of sp³-hybridized carbons (Fsp3) is 0.100. The fourth-order valence-electron chi connectivity index (χ4n) is 1.69. The quantitative estimate of drug-likeness (QED) is 0.607. The van der Waals surface area contributed by atoms with Crippen molar-refractivity contribution in [3.63, 3.8) is 0 Å². The van der Waals surface area contributed by atoms with E-state index in [9.17, 15) is 14.9 Å². The van der Waals surface area contributed by atoms with Crippen LogP contribution >= 0.6 is 0 Å². The number of aliphatic carboxylic acids is 1. The second-order valence-corrected chi connectivity index (χ2v) is 3.34. The molecule has 6 nitrogen and oxygen atoms in total. The van der Waals surface area contributed by atoms with Crippen molar-refractivity contribution in [1.82, 2.24) is 4.98 Å². The van der Waals surface area contributed by atoms with Crippen molar-refractivity contribution in [2.24, 2.45) is 0 Å². The van der Waals surface area contributed by atoms with Gasteiger partial charge in [-0.3, -0.25) is 14.9 Å². The summed E-state index contributed by atoms with van der Waals surface area (Å²) in [6.07, 6.45) is 1.26. The first-order valence-electron chi connectivity index (χ1n) is 4.54. The van der Waals surface area contributed by atoms with E-state index in [1.807, 2.05) is 0 Å². The van der Waals surface area contributed by atoms with E-state index >= 15 is 0 Å². The van der Waals surface area contributed by atoms with Crippen LogP contribution in [0.1, 0.15) is 5.56 Å². The molecule has 0 unspecified atom stereocenters. The number of aromatic nitrogens is 1. The molecular formula is C10H8N2O4. The van der Waals surface area contributed by atoms with Crippen LogP contribution in [-0.2, 0) is 11.2 Å². The molecule has 1 aromatic heterocycles. The van der Waals surface area contributed by atoms with Gasteiger partial charge in [0.05, 0.1) is 22.2 Å². The maximum absolute atomic E-state index is 10.8. The third-order valence-corrected chi connectivity index (χ3v) is 2.30. The summed E-state index contributed by atoms with van der Waals surface area (Å²) in [5.74, 6) is -1.01. The van der Waals surface area contributed by atoms with Crippen LogP contribution < -0.4 is 0 Å². The Kier molecular flexibility index (Phi) is 2.32. The van der Waals surface area contributed by atoms with Gasteiger partial charge in [-0.15, -0.1) is 0 Å². The summed E-state index contributed by atoms with van der Waals surface area (Å²) in [7, 11) is 0. The van der Waals surface area contributed by atoms with Gasteiger partial charge in [0, 0.05) is 12.3 Å². The number of benzene rings is 1. The first-order valence-corrected chi connectivity index (χ1v) is 4.54. The molecule has 2 aromatic rings. The van der Waals surface area contributed by atoms with Gasteiger partial charge in [-0.2, -0.15) is 0 Å². The number of nitrogens with one attached hydrogen (secondary N) is 1. The molecule has 1 aromatic carbocycles. The van der Waals surface area contributed by atoms with Crippen LogP contribution in [-0.4, -0.2) is 21.0 Å². The summed E-state index contributed by atoms with van der Waals surface area (Å²) >= 11 is 0. The zero-order valence-corrected chi connectivity index (χ0v) is 8.14. The van der Waals surface area contributed by atoms with Crippen LogP contribution in [0.5, 0.6) is 0 Å². The largest absolute Gasteiger partial charge is 0.481 e. The Labute approximate surface area is 89.7 Å². The summed E-state index contributed by atoms with van der Waals surface area (Å²) in [4.78, 5) is 23.7. The first kappa shape index (κ1) is 10.2. The third kappa shape index (κ3) is 1.60. The van der Waals surface area contributed by atoms with Gasteiger partial charge >= 0.3 is 5.97 Å². The van der Waals surface area contributed by atoms with Gasteiger partial charge in [0.2, 0.25) is 0 Å². The monoisotopic (exact) mass is 220 g/mol.